The minimum atomic E-state index is -0.518. The number of nitrogens with one attached hydrogen (secondary N) is 1. The number of nitrogen functional groups attached to an aromatic ring is 1. The van der Waals surface area contributed by atoms with Crippen LogP contribution in [0.25, 0.3) is 16.9 Å². The van der Waals surface area contributed by atoms with Gasteiger partial charge in [0, 0.05) is 18.0 Å². The third kappa shape index (κ3) is 3.46. The van der Waals surface area contributed by atoms with Gasteiger partial charge in [-0.1, -0.05) is 13.0 Å². The van der Waals surface area contributed by atoms with Crippen molar-refractivity contribution in [3.8, 4) is 11.4 Å². The van der Waals surface area contributed by atoms with Gasteiger partial charge in [0.05, 0.1) is 17.8 Å². The quantitative estimate of drug-likeness (QED) is 0.514. The van der Waals surface area contributed by atoms with Crippen molar-refractivity contribution in [2.75, 3.05) is 11.1 Å². The van der Waals surface area contributed by atoms with Gasteiger partial charge in [-0.15, -0.1) is 0 Å². The minimum absolute atomic E-state index is 0.113. The predicted molar refractivity (Wildman–Crippen MR) is 104 cm³/mol. The van der Waals surface area contributed by atoms with Crippen LogP contribution >= 0.6 is 0 Å². The van der Waals surface area contributed by atoms with E-state index in [0.29, 0.717) is 11.8 Å². The van der Waals surface area contributed by atoms with Crippen molar-refractivity contribution < 1.29 is 4.39 Å². The molecule has 0 unspecified atom stereocenters. The molecule has 142 valence electrons. The summed E-state index contributed by atoms with van der Waals surface area (Å²) >= 11 is 0. The van der Waals surface area contributed by atoms with E-state index >= 15 is 0 Å². The van der Waals surface area contributed by atoms with Crippen molar-refractivity contribution in [2.24, 2.45) is 0 Å². The molecule has 0 aliphatic heterocycles. The molecule has 0 aliphatic rings. The Morgan fingerprint density at radius 1 is 1.11 bits per heavy atom. The van der Waals surface area contributed by atoms with Crippen molar-refractivity contribution in [2.45, 2.75) is 26.3 Å². The summed E-state index contributed by atoms with van der Waals surface area (Å²) in [6.07, 6.45) is 5.94. The average molecular weight is 378 g/mol. The van der Waals surface area contributed by atoms with Crippen LogP contribution in [-0.2, 0) is 0 Å². The van der Waals surface area contributed by atoms with Crippen LogP contribution in [0.1, 0.15) is 30.8 Å². The summed E-state index contributed by atoms with van der Waals surface area (Å²) < 4.78 is 15.1. The fourth-order valence-electron chi connectivity index (χ4n) is 3.01. The Hall–Kier alpha value is -3.62. The third-order valence-electron chi connectivity index (χ3n) is 4.49. The van der Waals surface area contributed by atoms with Gasteiger partial charge in [0.25, 0.3) is 0 Å². The number of halogens is 1. The molecule has 8 nitrogen and oxygen atoms in total. The molecule has 4 aromatic heterocycles. The van der Waals surface area contributed by atoms with Gasteiger partial charge in [0.2, 0.25) is 17.8 Å². The molecule has 9 heteroatoms. The van der Waals surface area contributed by atoms with E-state index in [1.807, 2.05) is 36.6 Å². The van der Waals surface area contributed by atoms with Crippen molar-refractivity contribution >= 4 is 17.4 Å². The van der Waals surface area contributed by atoms with E-state index in [0.717, 1.165) is 28.9 Å². The summed E-state index contributed by atoms with van der Waals surface area (Å²) in [4.78, 5) is 21.0. The predicted octanol–water partition coefficient (Wildman–Crippen LogP) is 3.17. The average Bonchev–Trinajstić information content (AvgIpc) is 3.07. The molecule has 0 amide bonds. The highest BCUT2D eigenvalue weighted by molar-refractivity contribution is 5.61. The van der Waals surface area contributed by atoms with Crippen LogP contribution in [0.5, 0.6) is 0 Å². The smallest absolute Gasteiger partial charge is 0.228 e. The van der Waals surface area contributed by atoms with E-state index in [2.05, 4.69) is 30.2 Å². The maximum Gasteiger partial charge on any atom is 0.228 e. The number of pyridine rings is 2. The van der Waals surface area contributed by atoms with Crippen molar-refractivity contribution in [1.82, 2.24) is 29.3 Å². The number of aromatic nitrogens is 6. The molecule has 0 saturated heterocycles. The van der Waals surface area contributed by atoms with Gasteiger partial charge >= 0.3 is 0 Å². The van der Waals surface area contributed by atoms with Gasteiger partial charge in [0.15, 0.2) is 5.82 Å². The third-order valence-corrected chi connectivity index (χ3v) is 4.49. The zero-order chi connectivity index (χ0) is 19.7. The number of fused-ring (bicyclic) bond motifs is 1. The number of rotatable bonds is 5. The summed E-state index contributed by atoms with van der Waals surface area (Å²) in [5.74, 6) is 1.27. The van der Waals surface area contributed by atoms with Crippen LogP contribution in [0.3, 0.4) is 0 Å². The second-order valence-corrected chi connectivity index (χ2v) is 6.38. The van der Waals surface area contributed by atoms with E-state index in [9.17, 15) is 4.39 Å². The molecule has 0 aromatic carbocycles. The summed E-state index contributed by atoms with van der Waals surface area (Å²) in [5, 5.41) is 3.24. The molecular weight excluding hydrogens is 359 g/mol. The van der Waals surface area contributed by atoms with Gasteiger partial charge in [-0.05, 0) is 37.1 Å². The fourth-order valence-corrected chi connectivity index (χ4v) is 3.01. The normalized spacial score (nSPS) is 12.2. The summed E-state index contributed by atoms with van der Waals surface area (Å²) in [6, 6.07) is 6.74. The van der Waals surface area contributed by atoms with Crippen LogP contribution in [0.4, 0.5) is 16.3 Å². The van der Waals surface area contributed by atoms with Crippen molar-refractivity contribution in [3.05, 3.63) is 60.2 Å². The molecule has 28 heavy (non-hydrogen) atoms. The lowest BCUT2D eigenvalue weighted by Gasteiger charge is -2.17. The Labute approximate surface area is 160 Å². The molecule has 0 aliphatic carbocycles. The minimum Gasteiger partial charge on any atom is -0.368 e. The Bertz CT molecular complexity index is 1120. The monoisotopic (exact) mass is 378 g/mol. The summed E-state index contributed by atoms with van der Waals surface area (Å²) in [5.41, 5.74) is 8.52. The molecule has 0 bridgehead atoms. The molecular formula is C19H19FN8. The Balaban J connectivity index is 1.67. The topological polar surface area (TPSA) is 107 Å². The SMILES string of the molecule is CC[C@H](Nc1nc(N)nc(-c2ccc3cnc(C)n3c2)n1)c1ccc(F)nc1. The first-order chi connectivity index (χ1) is 13.5. The van der Waals surface area contributed by atoms with Crippen molar-refractivity contribution in [1.29, 1.82) is 0 Å². The van der Waals surface area contributed by atoms with Gasteiger partial charge < -0.3 is 15.5 Å². The number of aryl methyl sites for hydroxylation is 1. The van der Waals surface area contributed by atoms with Crippen LogP contribution < -0.4 is 11.1 Å². The molecule has 0 radical (unpaired) electrons. The lowest BCUT2D eigenvalue weighted by Crippen LogP contribution is -2.14. The van der Waals surface area contributed by atoms with E-state index < -0.39 is 5.95 Å². The lowest BCUT2D eigenvalue weighted by molar-refractivity contribution is 0.580. The summed E-state index contributed by atoms with van der Waals surface area (Å²) in [6.45, 7) is 3.93. The van der Waals surface area contributed by atoms with E-state index in [-0.39, 0.29) is 12.0 Å². The number of anilines is 2. The van der Waals surface area contributed by atoms with Crippen LogP contribution in [0, 0.1) is 12.9 Å². The molecule has 1 atom stereocenters. The van der Waals surface area contributed by atoms with E-state index in [1.54, 1.807) is 12.3 Å². The molecule has 4 aromatic rings. The van der Waals surface area contributed by atoms with Crippen LogP contribution in [0.2, 0.25) is 0 Å². The Morgan fingerprint density at radius 2 is 1.96 bits per heavy atom. The highest BCUT2D eigenvalue weighted by atomic mass is 19.1. The molecule has 0 fully saturated rings. The molecule has 0 spiro atoms. The number of nitrogens with two attached hydrogens (primary N) is 1. The first-order valence-electron chi connectivity index (χ1n) is 8.87. The first-order valence-corrected chi connectivity index (χ1v) is 8.87. The second-order valence-electron chi connectivity index (χ2n) is 6.38. The van der Waals surface area contributed by atoms with E-state index in [4.69, 9.17) is 5.73 Å². The highest BCUT2D eigenvalue weighted by Gasteiger charge is 2.14. The van der Waals surface area contributed by atoms with Gasteiger partial charge in [-0.25, -0.2) is 9.97 Å². The lowest BCUT2D eigenvalue weighted by atomic mass is 10.1. The zero-order valence-corrected chi connectivity index (χ0v) is 15.5. The standard InChI is InChI=1S/C19H19FN8/c1-3-15(12-5-7-16(20)23-8-12)24-19-26-17(25-18(21)27-19)13-4-6-14-9-22-11(2)28(14)10-13/h4-10,15H,3H2,1-2H3,(H3,21,24,25,26,27)/t15-/m0/s1. The number of imidazole rings is 1. The molecule has 4 heterocycles. The van der Waals surface area contributed by atoms with Crippen LogP contribution in [0.15, 0.2) is 42.9 Å². The molecule has 4 rings (SSSR count). The number of nitrogens with zero attached hydrogens (tertiary/aromatic N) is 6. The van der Waals surface area contributed by atoms with E-state index in [1.165, 1.54) is 12.3 Å². The summed E-state index contributed by atoms with van der Waals surface area (Å²) in [7, 11) is 0. The maximum atomic E-state index is 13.1. The zero-order valence-electron chi connectivity index (χ0n) is 15.5. The van der Waals surface area contributed by atoms with Gasteiger partial charge in [-0.3, -0.25) is 0 Å². The number of hydrogen-bond acceptors (Lipinski definition) is 7. The Morgan fingerprint density at radius 3 is 2.71 bits per heavy atom. The maximum absolute atomic E-state index is 13.1. The number of hydrogen-bond donors (Lipinski definition) is 2. The van der Waals surface area contributed by atoms with Crippen LogP contribution in [-0.4, -0.2) is 29.3 Å². The van der Waals surface area contributed by atoms with Crippen molar-refractivity contribution in [3.63, 3.8) is 0 Å². The highest BCUT2D eigenvalue weighted by Crippen LogP contribution is 2.23. The van der Waals surface area contributed by atoms with Gasteiger partial charge in [-0.2, -0.15) is 19.3 Å². The largest absolute Gasteiger partial charge is 0.368 e. The first kappa shape index (κ1) is 17.8. The fraction of sp³-hybridized carbons (Fsp3) is 0.211. The second kappa shape index (κ2) is 7.18. The Kier molecular flexibility index (Phi) is 4.56. The van der Waals surface area contributed by atoms with Gasteiger partial charge in [0.1, 0.15) is 5.82 Å². The molecule has 0 saturated carbocycles. The molecule has 3 N–H and O–H groups in total.